The highest BCUT2D eigenvalue weighted by atomic mass is 16.5. The van der Waals surface area contributed by atoms with Crippen LogP contribution in [0.1, 0.15) is 161 Å². The molecule has 6 aromatic rings. The van der Waals surface area contributed by atoms with Crippen LogP contribution in [0.5, 0.6) is 11.5 Å². The fraction of sp³-hybridized carbons (Fsp3) is 0.433. The third-order valence-corrected chi connectivity index (χ3v) is 14.8. The first-order valence-corrected chi connectivity index (χ1v) is 25.1. The zero-order valence-electron chi connectivity index (χ0n) is 38.6. The predicted molar refractivity (Wildman–Crippen MR) is 266 cm³/mol. The summed E-state index contributed by atoms with van der Waals surface area (Å²) in [5.74, 6) is 3.70. The average Bonchev–Trinajstić information content (AvgIpc) is 3.33. The lowest BCUT2D eigenvalue weighted by Gasteiger charge is -2.28. The molecule has 2 saturated carbocycles. The van der Waals surface area contributed by atoms with Gasteiger partial charge in [0, 0.05) is 11.1 Å². The maximum absolute atomic E-state index is 14.0. The average molecular weight is 855 g/mol. The molecule has 0 heterocycles. The van der Waals surface area contributed by atoms with Gasteiger partial charge < -0.3 is 9.47 Å². The number of benzene rings is 6. The number of unbranched alkanes of at least 4 members (excludes halogenated alkanes) is 2. The second-order valence-corrected chi connectivity index (χ2v) is 19.3. The number of esters is 2. The van der Waals surface area contributed by atoms with Crippen molar-refractivity contribution in [1.82, 2.24) is 0 Å². The normalized spacial score (nSPS) is 18.8. The Morgan fingerprint density at radius 1 is 0.422 bits per heavy atom. The molecule has 0 radical (unpaired) electrons. The zero-order chi connectivity index (χ0) is 44.1. The van der Waals surface area contributed by atoms with Crippen molar-refractivity contribution >= 4 is 33.5 Å². The van der Waals surface area contributed by atoms with Crippen LogP contribution in [0, 0.1) is 23.7 Å². The molecule has 64 heavy (non-hydrogen) atoms. The van der Waals surface area contributed by atoms with Gasteiger partial charge in [0.2, 0.25) is 0 Å². The fourth-order valence-electron chi connectivity index (χ4n) is 11.1. The van der Waals surface area contributed by atoms with E-state index in [1.165, 1.54) is 127 Å². The van der Waals surface area contributed by atoms with Crippen molar-refractivity contribution in [3.05, 3.63) is 144 Å². The van der Waals surface area contributed by atoms with Gasteiger partial charge in [-0.05, 0) is 118 Å². The molecule has 6 aromatic carbocycles. The molecule has 2 aliphatic carbocycles. The summed E-state index contributed by atoms with van der Waals surface area (Å²) >= 11 is 0. The number of fused-ring (bicyclic) bond motifs is 2. The Kier molecular flexibility index (Phi) is 16.0. The highest BCUT2D eigenvalue weighted by Crippen LogP contribution is 2.46. The van der Waals surface area contributed by atoms with E-state index in [2.05, 4.69) is 50.2 Å². The molecule has 0 unspecified atom stereocenters. The number of carbonyl (C=O) groups excluding carboxylic acids is 2. The minimum atomic E-state index is -0.421. The van der Waals surface area contributed by atoms with E-state index in [9.17, 15) is 9.59 Å². The van der Waals surface area contributed by atoms with Crippen LogP contribution in [0.15, 0.2) is 121 Å². The van der Waals surface area contributed by atoms with Gasteiger partial charge in [-0.2, -0.15) is 0 Å². The Morgan fingerprint density at radius 3 is 1.16 bits per heavy atom. The summed E-state index contributed by atoms with van der Waals surface area (Å²) in [4.78, 5) is 27.9. The number of hydrogen-bond acceptors (Lipinski definition) is 4. The Bertz CT molecular complexity index is 2260. The summed E-state index contributed by atoms with van der Waals surface area (Å²) in [6.45, 7) is 4.62. The van der Waals surface area contributed by atoms with Crippen molar-refractivity contribution in [3.63, 3.8) is 0 Å². The summed E-state index contributed by atoms with van der Waals surface area (Å²) in [5.41, 5.74) is 4.93. The van der Waals surface area contributed by atoms with Gasteiger partial charge >= 0.3 is 11.9 Å². The third kappa shape index (κ3) is 11.7. The molecular weight excluding hydrogens is 785 g/mol. The first-order valence-electron chi connectivity index (χ1n) is 25.1. The van der Waals surface area contributed by atoms with Gasteiger partial charge in [0.15, 0.2) is 0 Å². The van der Waals surface area contributed by atoms with Crippen molar-refractivity contribution in [1.29, 1.82) is 0 Å². The van der Waals surface area contributed by atoms with Crippen molar-refractivity contribution in [2.24, 2.45) is 23.7 Å². The monoisotopic (exact) mass is 855 g/mol. The van der Waals surface area contributed by atoms with E-state index in [4.69, 9.17) is 9.47 Å². The first kappa shape index (κ1) is 45.4. The van der Waals surface area contributed by atoms with Gasteiger partial charge in [0.05, 0.1) is 11.1 Å². The van der Waals surface area contributed by atoms with E-state index in [1.54, 1.807) is 0 Å². The SMILES string of the molecule is CCC[C@H]1CC[C@H](CCCCc2ccc(C(=O)Oc3ccc4ccccc4c3-c3c(OC(=O)c4ccc(CCCC[C@H]5CC[C@H](CCC)CC5)cc4)ccc4ccccc34)cc2)CC1. The van der Waals surface area contributed by atoms with E-state index in [-0.39, 0.29) is 0 Å². The van der Waals surface area contributed by atoms with Crippen LogP contribution in [0.25, 0.3) is 32.7 Å². The van der Waals surface area contributed by atoms with Crippen LogP contribution in [0.3, 0.4) is 0 Å². The topological polar surface area (TPSA) is 52.6 Å². The Balaban J connectivity index is 0.943. The molecule has 0 bridgehead atoms. The third-order valence-electron chi connectivity index (χ3n) is 14.8. The van der Waals surface area contributed by atoms with Crippen LogP contribution in [0.4, 0.5) is 0 Å². The minimum absolute atomic E-state index is 0.415. The van der Waals surface area contributed by atoms with E-state index in [1.807, 2.05) is 84.9 Å². The Morgan fingerprint density at radius 2 is 0.781 bits per heavy atom. The minimum Gasteiger partial charge on any atom is -0.422 e. The van der Waals surface area contributed by atoms with Gasteiger partial charge in [0.25, 0.3) is 0 Å². The molecule has 2 fully saturated rings. The molecule has 334 valence electrons. The lowest BCUT2D eigenvalue weighted by Crippen LogP contribution is -2.14. The molecule has 0 spiro atoms. The van der Waals surface area contributed by atoms with Crippen molar-refractivity contribution in [2.75, 3.05) is 0 Å². The summed E-state index contributed by atoms with van der Waals surface area (Å²) in [6, 6.07) is 39.7. The number of aryl methyl sites for hydroxylation is 2. The summed E-state index contributed by atoms with van der Waals surface area (Å²) in [6.07, 6.45) is 26.3. The summed E-state index contributed by atoms with van der Waals surface area (Å²) in [5, 5.41) is 3.79. The van der Waals surface area contributed by atoms with Crippen molar-refractivity contribution in [2.45, 2.75) is 142 Å². The predicted octanol–water partition coefficient (Wildman–Crippen LogP) is 16.7. The second-order valence-electron chi connectivity index (χ2n) is 19.3. The van der Waals surface area contributed by atoms with Crippen LogP contribution in [-0.2, 0) is 12.8 Å². The molecule has 0 amide bonds. The smallest absolute Gasteiger partial charge is 0.343 e. The maximum Gasteiger partial charge on any atom is 0.343 e. The number of ether oxygens (including phenoxy) is 2. The van der Waals surface area contributed by atoms with Gasteiger partial charge in [-0.3, -0.25) is 0 Å². The lowest BCUT2D eigenvalue weighted by atomic mass is 9.78. The fourth-order valence-corrected chi connectivity index (χ4v) is 11.1. The van der Waals surface area contributed by atoms with E-state index < -0.39 is 11.9 Å². The first-order chi connectivity index (χ1) is 31.4. The van der Waals surface area contributed by atoms with Gasteiger partial charge in [-0.1, -0.05) is 202 Å². The van der Waals surface area contributed by atoms with Crippen molar-refractivity contribution < 1.29 is 19.1 Å². The summed E-state index contributed by atoms with van der Waals surface area (Å²) < 4.78 is 12.7. The molecule has 0 saturated heterocycles. The van der Waals surface area contributed by atoms with E-state index in [0.29, 0.717) is 33.8 Å². The Hall–Kier alpha value is -5.22. The summed E-state index contributed by atoms with van der Waals surface area (Å²) in [7, 11) is 0. The van der Waals surface area contributed by atoms with E-state index in [0.717, 1.165) is 58.1 Å². The molecule has 4 nitrogen and oxygen atoms in total. The van der Waals surface area contributed by atoms with Crippen molar-refractivity contribution in [3.8, 4) is 22.6 Å². The molecule has 0 atom stereocenters. The molecule has 2 aliphatic rings. The van der Waals surface area contributed by atoms with Gasteiger partial charge in [0.1, 0.15) is 11.5 Å². The molecule has 0 aliphatic heterocycles. The number of carbonyl (C=O) groups is 2. The highest BCUT2D eigenvalue weighted by Gasteiger charge is 2.24. The largest absolute Gasteiger partial charge is 0.422 e. The maximum atomic E-state index is 14.0. The van der Waals surface area contributed by atoms with Crippen LogP contribution in [-0.4, -0.2) is 11.9 Å². The van der Waals surface area contributed by atoms with E-state index >= 15 is 0 Å². The zero-order valence-corrected chi connectivity index (χ0v) is 38.6. The van der Waals surface area contributed by atoms with Gasteiger partial charge in [-0.15, -0.1) is 0 Å². The Labute approximate surface area is 383 Å². The number of rotatable bonds is 19. The lowest BCUT2D eigenvalue weighted by molar-refractivity contribution is 0.0723. The number of hydrogen-bond donors (Lipinski definition) is 0. The van der Waals surface area contributed by atoms with Crippen LogP contribution < -0.4 is 9.47 Å². The van der Waals surface area contributed by atoms with Crippen LogP contribution in [0.2, 0.25) is 0 Å². The molecule has 4 heteroatoms. The molecule has 0 aromatic heterocycles. The van der Waals surface area contributed by atoms with Gasteiger partial charge in [-0.25, -0.2) is 9.59 Å². The standard InChI is InChI=1S/C60H70O4/c1-3-13-43-23-27-45(28-24-43)15-5-7-17-47-31-35-51(36-32-47)59(61)63-55-41-39-49-19-9-11-21-53(49)57(55)58-54-22-12-10-20-50(54)40-42-56(58)64-60(62)52-37-33-48(34-38-52)18-8-6-16-46-29-25-44(14-4-2)26-30-46/h9-12,19-22,31-46H,3-8,13-18,23-30H2,1-2H3/t43-,44-,45-,46-. The molecular formula is C60H70O4. The molecule has 8 rings (SSSR count). The second kappa shape index (κ2) is 22.6. The molecule has 0 N–H and O–H groups in total. The quantitative estimate of drug-likeness (QED) is 0.0463. The van der Waals surface area contributed by atoms with Crippen LogP contribution >= 0.6 is 0 Å². The highest BCUT2D eigenvalue weighted by molar-refractivity contribution is 6.11.